The molecule has 1 amide bonds. The minimum atomic E-state index is -1.56. The first-order chi connectivity index (χ1) is 14.7. The van der Waals surface area contributed by atoms with Gasteiger partial charge in [-0.05, 0) is 57.2 Å². The van der Waals surface area contributed by atoms with E-state index in [-0.39, 0.29) is 18.3 Å². The Morgan fingerprint density at radius 2 is 1.74 bits per heavy atom. The number of rotatable bonds is 4. The predicted molar refractivity (Wildman–Crippen MR) is 118 cm³/mol. The topological polar surface area (TPSA) is 81.2 Å². The Balaban J connectivity index is 1.94. The van der Waals surface area contributed by atoms with Crippen molar-refractivity contribution in [3.63, 3.8) is 0 Å². The average molecular weight is 439 g/mol. The Labute approximate surface area is 182 Å². The van der Waals surface area contributed by atoms with Gasteiger partial charge in [0, 0.05) is 22.9 Å². The van der Waals surface area contributed by atoms with Gasteiger partial charge < -0.3 is 10.6 Å². The lowest BCUT2D eigenvalue weighted by Crippen LogP contribution is -2.47. The number of imidazole rings is 1. The molecule has 0 radical (unpaired) electrons. The molecule has 0 bridgehead atoms. The van der Waals surface area contributed by atoms with Gasteiger partial charge in [-0.3, -0.25) is 9.36 Å². The number of amides is 1. The van der Waals surface area contributed by atoms with E-state index >= 15 is 0 Å². The molecule has 2 heterocycles. The summed E-state index contributed by atoms with van der Waals surface area (Å²) in [5, 5.41) is 0.467. The van der Waals surface area contributed by atoms with E-state index < -0.39 is 16.3 Å². The number of benzene rings is 2. The minimum absolute atomic E-state index is 0.137. The van der Waals surface area contributed by atoms with Crippen molar-refractivity contribution in [1.29, 1.82) is 0 Å². The Morgan fingerprint density at radius 1 is 1.10 bits per heavy atom. The van der Waals surface area contributed by atoms with E-state index in [1.807, 2.05) is 45.0 Å². The number of nitrogens with zero attached hydrogens (tertiary/aromatic N) is 3. The minimum Gasteiger partial charge on any atom is -0.322 e. The fourth-order valence-electron chi connectivity index (χ4n) is 3.65. The molecular formula is C23H23FN4O2S. The quantitative estimate of drug-likeness (QED) is 0.675. The van der Waals surface area contributed by atoms with Crippen LogP contribution >= 0.6 is 0 Å². The van der Waals surface area contributed by atoms with Crippen LogP contribution in [0.15, 0.2) is 64.7 Å². The van der Waals surface area contributed by atoms with Crippen molar-refractivity contribution in [2.75, 3.05) is 6.54 Å². The SMILES string of the molecule is Cc1ccc(S(=O)c2c(-c3ccc(F)cc3)nc3n2C=CN(C(=O)CN)C3(C)C)cc1. The van der Waals surface area contributed by atoms with Gasteiger partial charge in [-0.15, -0.1) is 0 Å². The Kier molecular flexibility index (Phi) is 5.36. The standard InChI is InChI=1S/C23H23FN4O2S/c1-15-4-10-18(11-5-15)31(30)21-20(16-6-8-17(24)9-7-16)26-22-23(2,3)28(19(29)14-25)13-12-27(21)22/h4-13H,14,25H2,1-3H3. The van der Waals surface area contributed by atoms with Crippen LogP contribution in [-0.4, -0.2) is 31.1 Å². The summed E-state index contributed by atoms with van der Waals surface area (Å²) in [6.45, 7) is 5.54. The van der Waals surface area contributed by atoms with Gasteiger partial charge in [0.1, 0.15) is 38.7 Å². The summed E-state index contributed by atoms with van der Waals surface area (Å²) in [4.78, 5) is 19.3. The molecule has 8 heteroatoms. The molecule has 0 aliphatic carbocycles. The third-order valence-electron chi connectivity index (χ3n) is 5.35. The van der Waals surface area contributed by atoms with E-state index in [9.17, 15) is 13.4 Å². The van der Waals surface area contributed by atoms with Crippen LogP contribution in [0.2, 0.25) is 0 Å². The first-order valence-electron chi connectivity index (χ1n) is 9.81. The van der Waals surface area contributed by atoms with Gasteiger partial charge in [-0.25, -0.2) is 13.6 Å². The molecule has 1 unspecified atom stereocenters. The number of carbonyl (C=O) groups is 1. The van der Waals surface area contributed by atoms with Crippen molar-refractivity contribution in [3.8, 4) is 11.3 Å². The lowest BCUT2D eigenvalue weighted by molar-refractivity contribution is -0.132. The Bertz CT molecular complexity index is 1200. The van der Waals surface area contributed by atoms with Crippen LogP contribution < -0.4 is 5.73 Å². The lowest BCUT2D eigenvalue weighted by Gasteiger charge is -2.38. The zero-order valence-corrected chi connectivity index (χ0v) is 18.3. The van der Waals surface area contributed by atoms with Gasteiger partial charge in [0.2, 0.25) is 5.91 Å². The maximum absolute atomic E-state index is 13.7. The summed E-state index contributed by atoms with van der Waals surface area (Å²) >= 11 is 0. The number of hydrogen-bond acceptors (Lipinski definition) is 4. The van der Waals surface area contributed by atoms with Crippen LogP contribution in [0.5, 0.6) is 0 Å². The number of nitrogens with two attached hydrogens (primary N) is 1. The molecule has 31 heavy (non-hydrogen) atoms. The highest BCUT2D eigenvalue weighted by Crippen LogP contribution is 2.38. The molecule has 1 aliphatic heterocycles. The van der Waals surface area contributed by atoms with E-state index in [4.69, 9.17) is 10.7 Å². The Morgan fingerprint density at radius 3 is 2.35 bits per heavy atom. The van der Waals surface area contributed by atoms with Crippen LogP contribution in [0.4, 0.5) is 4.39 Å². The number of halogens is 1. The molecule has 0 fully saturated rings. The highest BCUT2D eigenvalue weighted by Gasteiger charge is 2.40. The van der Waals surface area contributed by atoms with E-state index in [1.165, 1.54) is 17.0 Å². The van der Waals surface area contributed by atoms with Crippen LogP contribution in [-0.2, 0) is 21.1 Å². The lowest BCUT2D eigenvalue weighted by atomic mass is 10.0. The van der Waals surface area contributed by atoms with Crippen molar-refractivity contribution in [3.05, 3.63) is 71.9 Å². The number of aromatic nitrogens is 2. The fourth-order valence-corrected chi connectivity index (χ4v) is 4.93. The predicted octanol–water partition coefficient (Wildman–Crippen LogP) is 3.63. The molecule has 6 nitrogen and oxygen atoms in total. The second-order valence-corrected chi connectivity index (χ2v) is 9.27. The second kappa shape index (κ2) is 7.86. The van der Waals surface area contributed by atoms with Crippen molar-refractivity contribution >= 4 is 22.9 Å². The third-order valence-corrected chi connectivity index (χ3v) is 6.79. The monoisotopic (exact) mass is 438 g/mol. The maximum atomic E-state index is 13.7. The average Bonchev–Trinajstić information content (AvgIpc) is 3.15. The van der Waals surface area contributed by atoms with Crippen LogP contribution in [0, 0.1) is 12.7 Å². The van der Waals surface area contributed by atoms with E-state index in [1.54, 1.807) is 29.1 Å². The molecule has 1 aliphatic rings. The van der Waals surface area contributed by atoms with Gasteiger partial charge in [0.05, 0.1) is 6.54 Å². The van der Waals surface area contributed by atoms with Gasteiger partial charge in [-0.1, -0.05) is 17.7 Å². The normalized spacial score (nSPS) is 15.6. The molecule has 1 atom stereocenters. The van der Waals surface area contributed by atoms with Crippen LogP contribution in [0.3, 0.4) is 0 Å². The molecule has 2 N–H and O–H groups in total. The summed E-state index contributed by atoms with van der Waals surface area (Å²) in [5.74, 6) is -0.0690. The number of carbonyl (C=O) groups excluding carboxylic acids is 1. The van der Waals surface area contributed by atoms with Crippen molar-refractivity contribution in [1.82, 2.24) is 14.5 Å². The molecule has 160 valence electrons. The van der Waals surface area contributed by atoms with E-state index in [2.05, 4.69) is 0 Å². The summed E-state index contributed by atoms with van der Waals surface area (Å²) in [6.07, 6.45) is 3.31. The van der Waals surface area contributed by atoms with Gasteiger partial charge in [0.15, 0.2) is 0 Å². The highest BCUT2D eigenvalue weighted by molar-refractivity contribution is 7.85. The summed E-state index contributed by atoms with van der Waals surface area (Å²) in [5.41, 5.74) is 6.94. The van der Waals surface area contributed by atoms with Crippen LogP contribution in [0.1, 0.15) is 25.2 Å². The molecule has 4 rings (SSSR count). The van der Waals surface area contributed by atoms with Gasteiger partial charge in [0.25, 0.3) is 0 Å². The smallest absolute Gasteiger partial charge is 0.241 e. The fraction of sp³-hybridized carbons (Fsp3) is 0.217. The van der Waals surface area contributed by atoms with Crippen molar-refractivity contribution in [2.24, 2.45) is 5.73 Å². The highest BCUT2D eigenvalue weighted by atomic mass is 32.2. The van der Waals surface area contributed by atoms with Crippen molar-refractivity contribution in [2.45, 2.75) is 36.2 Å². The molecule has 0 spiro atoms. The Hall–Kier alpha value is -3.10. The molecule has 1 aromatic heterocycles. The van der Waals surface area contributed by atoms with E-state index in [0.717, 1.165) is 5.56 Å². The number of fused-ring (bicyclic) bond motifs is 1. The first kappa shape index (κ1) is 21.1. The largest absolute Gasteiger partial charge is 0.322 e. The molecule has 0 saturated heterocycles. The molecule has 3 aromatic rings. The summed E-state index contributed by atoms with van der Waals surface area (Å²) < 4.78 is 29.0. The van der Waals surface area contributed by atoms with Crippen LogP contribution in [0.25, 0.3) is 17.5 Å². The zero-order valence-electron chi connectivity index (χ0n) is 17.5. The first-order valence-corrected chi connectivity index (χ1v) is 11.0. The zero-order chi connectivity index (χ0) is 22.3. The van der Waals surface area contributed by atoms with Gasteiger partial charge >= 0.3 is 0 Å². The maximum Gasteiger partial charge on any atom is 0.241 e. The summed E-state index contributed by atoms with van der Waals surface area (Å²) in [7, 11) is -1.56. The molecule has 2 aromatic carbocycles. The van der Waals surface area contributed by atoms with Gasteiger partial charge in [-0.2, -0.15) is 0 Å². The van der Waals surface area contributed by atoms with E-state index in [0.29, 0.717) is 27.0 Å². The molecular weight excluding hydrogens is 415 g/mol. The second-order valence-electron chi connectivity index (χ2n) is 7.87. The molecule has 0 saturated carbocycles. The summed E-state index contributed by atoms with van der Waals surface area (Å²) in [6, 6.07) is 13.4. The number of aryl methyl sites for hydroxylation is 1. The van der Waals surface area contributed by atoms with Crippen molar-refractivity contribution < 1.29 is 13.4 Å². The number of hydrogen-bond donors (Lipinski definition) is 1. The third kappa shape index (κ3) is 3.62.